The Hall–Kier alpha value is -1.81. The highest BCUT2D eigenvalue weighted by Gasteiger charge is 2.15. The molecule has 0 atom stereocenters. The second-order valence-corrected chi connectivity index (χ2v) is 5.54. The van der Waals surface area contributed by atoms with Crippen LogP contribution in [0.5, 0.6) is 11.6 Å². The number of aromatic nitrogens is 2. The molecular formula is C17H25N3O. The van der Waals surface area contributed by atoms with Crippen LogP contribution in [0.15, 0.2) is 18.2 Å². The quantitative estimate of drug-likeness (QED) is 0.824. The molecule has 21 heavy (non-hydrogen) atoms. The van der Waals surface area contributed by atoms with Crippen molar-refractivity contribution in [3.05, 3.63) is 40.6 Å². The first-order valence-electron chi connectivity index (χ1n) is 7.51. The average molecular weight is 287 g/mol. The fourth-order valence-corrected chi connectivity index (χ4v) is 2.42. The highest BCUT2D eigenvalue weighted by atomic mass is 16.5. The molecular weight excluding hydrogens is 262 g/mol. The van der Waals surface area contributed by atoms with Gasteiger partial charge in [0.1, 0.15) is 5.75 Å². The molecule has 4 nitrogen and oxygen atoms in total. The Balaban J connectivity index is 2.26. The SMILES string of the molecule is CCCNCc1c(C)nn(C)c1Oc1ccc(C)cc1C. The molecule has 0 fully saturated rings. The van der Waals surface area contributed by atoms with Crippen molar-refractivity contribution in [2.24, 2.45) is 7.05 Å². The number of hydrogen-bond donors (Lipinski definition) is 1. The maximum absolute atomic E-state index is 6.14. The maximum atomic E-state index is 6.14. The Morgan fingerprint density at radius 3 is 2.67 bits per heavy atom. The first-order chi connectivity index (χ1) is 10.0. The van der Waals surface area contributed by atoms with Gasteiger partial charge in [-0.25, -0.2) is 4.68 Å². The molecule has 0 saturated heterocycles. The van der Waals surface area contributed by atoms with E-state index in [0.717, 1.165) is 48.0 Å². The molecule has 1 heterocycles. The minimum Gasteiger partial charge on any atom is -0.439 e. The van der Waals surface area contributed by atoms with E-state index < -0.39 is 0 Å². The van der Waals surface area contributed by atoms with Crippen molar-refractivity contribution in [3.63, 3.8) is 0 Å². The van der Waals surface area contributed by atoms with Crippen molar-refractivity contribution in [3.8, 4) is 11.6 Å². The van der Waals surface area contributed by atoms with Crippen molar-refractivity contribution in [2.45, 2.75) is 40.7 Å². The topological polar surface area (TPSA) is 39.1 Å². The Kier molecular flexibility index (Phi) is 5.02. The van der Waals surface area contributed by atoms with Gasteiger partial charge in [-0.05, 0) is 45.4 Å². The van der Waals surface area contributed by atoms with E-state index in [1.165, 1.54) is 5.56 Å². The van der Waals surface area contributed by atoms with Gasteiger partial charge in [0.15, 0.2) is 0 Å². The van der Waals surface area contributed by atoms with Crippen molar-refractivity contribution < 1.29 is 4.74 Å². The third-order valence-electron chi connectivity index (χ3n) is 3.55. The monoisotopic (exact) mass is 287 g/mol. The zero-order chi connectivity index (χ0) is 15.4. The van der Waals surface area contributed by atoms with Crippen molar-refractivity contribution in [1.29, 1.82) is 0 Å². The Labute approximate surface area is 127 Å². The number of aryl methyl sites for hydroxylation is 4. The summed E-state index contributed by atoms with van der Waals surface area (Å²) in [6.45, 7) is 10.1. The molecule has 114 valence electrons. The van der Waals surface area contributed by atoms with Crippen molar-refractivity contribution >= 4 is 0 Å². The molecule has 0 spiro atoms. The Morgan fingerprint density at radius 1 is 1.24 bits per heavy atom. The summed E-state index contributed by atoms with van der Waals surface area (Å²) in [5.41, 5.74) is 4.53. The first kappa shape index (κ1) is 15.6. The van der Waals surface area contributed by atoms with Gasteiger partial charge in [-0.1, -0.05) is 24.6 Å². The van der Waals surface area contributed by atoms with Gasteiger partial charge in [0.2, 0.25) is 5.88 Å². The molecule has 0 aliphatic rings. The summed E-state index contributed by atoms with van der Waals surface area (Å²) in [4.78, 5) is 0. The van der Waals surface area contributed by atoms with Gasteiger partial charge in [-0.3, -0.25) is 0 Å². The highest BCUT2D eigenvalue weighted by Crippen LogP contribution is 2.29. The lowest BCUT2D eigenvalue weighted by Gasteiger charge is -2.12. The molecule has 0 radical (unpaired) electrons. The van der Waals surface area contributed by atoms with Gasteiger partial charge in [-0.2, -0.15) is 5.10 Å². The number of benzene rings is 1. The third kappa shape index (κ3) is 3.64. The molecule has 0 amide bonds. The van der Waals surface area contributed by atoms with Crippen molar-refractivity contribution in [1.82, 2.24) is 15.1 Å². The molecule has 2 rings (SSSR count). The number of hydrogen-bond acceptors (Lipinski definition) is 3. The summed E-state index contributed by atoms with van der Waals surface area (Å²) in [5, 5.41) is 7.91. The predicted octanol–water partition coefficient (Wildman–Crippen LogP) is 3.64. The fourth-order valence-electron chi connectivity index (χ4n) is 2.42. The highest BCUT2D eigenvalue weighted by molar-refractivity contribution is 5.41. The number of nitrogens with zero attached hydrogens (tertiary/aromatic N) is 2. The number of nitrogens with one attached hydrogen (secondary N) is 1. The van der Waals surface area contributed by atoms with Gasteiger partial charge in [0.05, 0.1) is 11.3 Å². The molecule has 0 unspecified atom stereocenters. The van der Waals surface area contributed by atoms with E-state index in [0.29, 0.717) is 0 Å². The molecule has 4 heteroatoms. The van der Waals surface area contributed by atoms with Gasteiger partial charge < -0.3 is 10.1 Å². The second kappa shape index (κ2) is 6.76. The van der Waals surface area contributed by atoms with Gasteiger partial charge in [0.25, 0.3) is 0 Å². The zero-order valence-corrected chi connectivity index (χ0v) is 13.7. The van der Waals surface area contributed by atoms with Crippen LogP contribution >= 0.6 is 0 Å². The van der Waals surface area contributed by atoms with Crippen LogP contribution in [-0.4, -0.2) is 16.3 Å². The van der Waals surface area contributed by atoms with Crippen LogP contribution in [0.1, 0.15) is 35.7 Å². The molecule has 1 N–H and O–H groups in total. The minimum absolute atomic E-state index is 0.785. The minimum atomic E-state index is 0.785. The standard InChI is InChI=1S/C17H25N3O/c1-6-9-18-11-15-14(4)19-20(5)17(15)21-16-8-7-12(2)10-13(16)3/h7-8,10,18H,6,9,11H2,1-5H3. The summed E-state index contributed by atoms with van der Waals surface area (Å²) >= 11 is 0. The predicted molar refractivity (Wildman–Crippen MR) is 85.9 cm³/mol. The van der Waals surface area contributed by atoms with Crippen LogP contribution in [0, 0.1) is 20.8 Å². The average Bonchev–Trinajstić information content (AvgIpc) is 2.68. The van der Waals surface area contributed by atoms with E-state index in [2.05, 4.69) is 43.3 Å². The first-order valence-corrected chi connectivity index (χ1v) is 7.51. The van der Waals surface area contributed by atoms with Gasteiger partial charge >= 0.3 is 0 Å². The van der Waals surface area contributed by atoms with E-state index in [4.69, 9.17) is 4.74 Å². The second-order valence-electron chi connectivity index (χ2n) is 5.54. The van der Waals surface area contributed by atoms with Crippen molar-refractivity contribution in [2.75, 3.05) is 6.54 Å². The van der Waals surface area contributed by atoms with E-state index >= 15 is 0 Å². The number of rotatable bonds is 6. The van der Waals surface area contributed by atoms with Crippen LogP contribution in [-0.2, 0) is 13.6 Å². The van der Waals surface area contributed by atoms with Gasteiger partial charge in [0, 0.05) is 13.6 Å². The lowest BCUT2D eigenvalue weighted by molar-refractivity contribution is 0.421. The lowest BCUT2D eigenvalue weighted by atomic mass is 10.1. The van der Waals surface area contributed by atoms with E-state index in [9.17, 15) is 0 Å². The molecule has 0 aliphatic carbocycles. The van der Waals surface area contributed by atoms with Crippen LogP contribution < -0.4 is 10.1 Å². The summed E-state index contributed by atoms with van der Waals surface area (Å²) in [6.07, 6.45) is 1.12. The van der Waals surface area contributed by atoms with Crippen LogP contribution in [0.3, 0.4) is 0 Å². The lowest BCUT2D eigenvalue weighted by Crippen LogP contribution is -2.14. The summed E-state index contributed by atoms with van der Waals surface area (Å²) in [5.74, 6) is 1.71. The zero-order valence-electron chi connectivity index (χ0n) is 13.7. The summed E-state index contributed by atoms with van der Waals surface area (Å²) in [6, 6.07) is 6.23. The molecule has 0 saturated carbocycles. The largest absolute Gasteiger partial charge is 0.439 e. The normalized spacial score (nSPS) is 10.9. The molecule has 1 aromatic carbocycles. The molecule has 2 aromatic rings. The van der Waals surface area contributed by atoms with E-state index in [1.54, 1.807) is 0 Å². The maximum Gasteiger partial charge on any atom is 0.222 e. The van der Waals surface area contributed by atoms with Crippen LogP contribution in [0.25, 0.3) is 0 Å². The van der Waals surface area contributed by atoms with Crippen LogP contribution in [0.2, 0.25) is 0 Å². The van der Waals surface area contributed by atoms with E-state index in [1.807, 2.05) is 24.7 Å². The van der Waals surface area contributed by atoms with Crippen LogP contribution in [0.4, 0.5) is 0 Å². The van der Waals surface area contributed by atoms with Gasteiger partial charge in [-0.15, -0.1) is 0 Å². The number of ether oxygens (including phenoxy) is 1. The molecule has 0 aliphatic heterocycles. The molecule has 1 aromatic heterocycles. The summed E-state index contributed by atoms with van der Waals surface area (Å²) in [7, 11) is 1.93. The van der Waals surface area contributed by atoms with E-state index in [-0.39, 0.29) is 0 Å². The Bertz CT molecular complexity index is 617. The Morgan fingerprint density at radius 2 is 2.00 bits per heavy atom. The third-order valence-corrected chi connectivity index (χ3v) is 3.55. The fraction of sp³-hybridized carbons (Fsp3) is 0.471. The molecule has 0 bridgehead atoms. The summed E-state index contributed by atoms with van der Waals surface area (Å²) < 4.78 is 7.96. The smallest absolute Gasteiger partial charge is 0.222 e.